The number of esters is 2. The Hall–Kier alpha value is -1.15. The van der Waals surface area contributed by atoms with Gasteiger partial charge in [-0.25, -0.2) is 0 Å². The summed E-state index contributed by atoms with van der Waals surface area (Å²) in [6, 6.07) is 0. The van der Waals surface area contributed by atoms with Gasteiger partial charge < -0.3 is 9.47 Å². The van der Waals surface area contributed by atoms with E-state index in [2.05, 4.69) is 13.8 Å². The molecule has 0 aliphatic rings. The van der Waals surface area contributed by atoms with Crippen molar-refractivity contribution < 1.29 is 32.0 Å². The molecular weight excluding hydrogens is 348 g/mol. The number of rotatable bonds is 15. The summed E-state index contributed by atoms with van der Waals surface area (Å²) in [4.78, 5) is 23.8. The Morgan fingerprint density at radius 2 is 1.40 bits per heavy atom. The van der Waals surface area contributed by atoms with E-state index in [0.29, 0.717) is 6.42 Å². The van der Waals surface area contributed by atoms with Crippen molar-refractivity contribution in [2.45, 2.75) is 71.6 Å². The minimum absolute atomic E-state index is 0.173. The molecule has 0 saturated heterocycles. The zero-order valence-corrected chi connectivity index (χ0v) is 16.2. The van der Waals surface area contributed by atoms with Crippen LogP contribution < -0.4 is 0 Å². The Kier molecular flexibility index (Phi) is 13.4. The molecule has 0 aromatic rings. The highest BCUT2D eigenvalue weighted by Gasteiger charge is 2.29. The summed E-state index contributed by atoms with van der Waals surface area (Å²) in [7, 11) is -4.39. The van der Waals surface area contributed by atoms with Gasteiger partial charge in [0.05, 0.1) is 31.3 Å². The second kappa shape index (κ2) is 14.1. The van der Waals surface area contributed by atoms with Crippen LogP contribution >= 0.6 is 0 Å². The SMILES string of the molecule is CCCCCCOC(=O)CC(CS(=O)(=O)O)C(=O)OCCCCCC. The molecule has 1 N–H and O–H groups in total. The van der Waals surface area contributed by atoms with E-state index in [1.807, 2.05) is 0 Å². The largest absolute Gasteiger partial charge is 0.466 e. The van der Waals surface area contributed by atoms with Crippen molar-refractivity contribution in [3.8, 4) is 0 Å². The van der Waals surface area contributed by atoms with E-state index in [-0.39, 0.29) is 13.2 Å². The standard InChI is InChI=1S/C17H32O7S/c1-3-5-7-9-11-23-16(18)13-15(14-25(20,21)22)17(19)24-12-10-8-6-4-2/h15H,3-14H2,1-2H3,(H,20,21,22). The molecule has 1 unspecified atom stereocenters. The van der Waals surface area contributed by atoms with Gasteiger partial charge in [0.15, 0.2) is 0 Å². The molecular formula is C17H32O7S. The highest BCUT2D eigenvalue weighted by molar-refractivity contribution is 7.85. The molecule has 1 atom stereocenters. The molecule has 0 aromatic heterocycles. The van der Waals surface area contributed by atoms with Crippen LogP contribution in [0.1, 0.15) is 71.6 Å². The number of hydrogen-bond acceptors (Lipinski definition) is 6. The minimum atomic E-state index is -4.39. The summed E-state index contributed by atoms with van der Waals surface area (Å²) in [6.07, 6.45) is 7.03. The van der Waals surface area contributed by atoms with E-state index < -0.39 is 40.1 Å². The summed E-state index contributed by atoms with van der Waals surface area (Å²) in [5.41, 5.74) is 0. The van der Waals surface area contributed by atoms with Gasteiger partial charge in [-0.05, 0) is 12.8 Å². The predicted molar refractivity (Wildman–Crippen MR) is 94.7 cm³/mol. The monoisotopic (exact) mass is 380 g/mol. The zero-order chi connectivity index (χ0) is 19.1. The van der Waals surface area contributed by atoms with Crippen molar-refractivity contribution >= 4 is 22.1 Å². The maximum Gasteiger partial charge on any atom is 0.310 e. The molecule has 7 nitrogen and oxygen atoms in total. The molecule has 0 fully saturated rings. The first-order valence-electron chi connectivity index (χ1n) is 9.07. The molecule has 0 aliphatic heterocycles. The van der Waals surface area contributed by atoms with E-state index >= 15 is 0 Å². The maximum atomic E-state index is 12.0. The first kappa shape index (κ1) is 23.9. The van der Waals surface area contributed by atoms with Gasteiger partial charge in [0, 0.05) is 0 Å². The fraction of sp³-hybridized carbons (Fsp3) is 0.882. The third-order valence-electron chi connectivity index (χ3n) is 3.66. The van der Waals surface area contributed by atoms with Crippen molar-refractivity contribution in [1.82, 2.24) is 0 Å². The Bertz CT molecular complexity index is 473. The molecule has 148 valence electrons. The number of unbranched alkanes of at least 4 members (excludes halogenated alkanes) is 6. The van der Waals surface area contributed by atoms with Crippen LogP contribution in [0.4, 0.5) is 0 Å². The lowest BCUT2D eigenvalue weighted by molar-refractivity contribution is -0.154. The van der Waals surface area contributed by atoms with Crippen LogP contribution in [0.5, 0.6) is 0 Å². The molecule has 0 amide bonds. The first-order chi connectivity index (χ1) is 11.8. The fourth-order valence-electron chi connectivity index (χ4n) is 2.26. The average Bonchev–Trinajstić information content (AvgIpc) is 2.52. The van der Waals surface area contributed by atoms with E-state index in [1.165, 1.54) is 0 Å². The number of carbonyl (C=O) groups is 2. The van der Waals surface area contributed by atoms with E-state index in [1.54, 1.807) is 0 Å². The van der Waals surface area contributed by atoms with Crippen molar-refractivity contribution in [2.24, 2.45) is 5.92 Å². The summed E-state index contributed by atoms with van der Waals surface area (Å²) in [5, 5.41) is 0. The molecule has 0 radical (unpaired) electrons. The number of carbonyl (C=O) groups excluding carboxylic acids is 2. The molecule has 0 bridgehead atoms. The highest BCUT2D eigenvalue weighted by atomic mass is 32.2. The normalized spacial score (nSPS) is 12.6. The van der Waals surface area contributed by atoms with Crippen LogP contribution in [0.25, 0.3) is 0 Å². The second-order valence-electron chi connectivity index (χ2n) is 6.16. The van der Waals surface area contributed by atoms with Crippen LogP contribution in [0.2, 0.25) is 0 Å². The van der Waals surface area contributed by atoms with Gasteiger partial charge in [0.1, 0.15) is 0 Å². The van der Waals surface area contributed by atoms with Gasteiger partial charge in [0.2, 0.25) is 0 Å². The summed E-state index contributed by atoms with van der Waals surface area (Å²) < 4.78 is 41.2. The lowest BCUT2D eigenvalue weighted by Gasteiger charge is -2.14. The molecule has 0 spiro atoms. The predicted octanol–water partition coefficient (Wildman–Crippen LogP) is 3.13. The Labute approximate surface area is 151 Å². The highest BCUT2D eigenvalue weighted by Crippen LogP contribution is 2.12. The van der Waals surface area contributed by atoms with Gasteiger partial charge in [-0.15, -0.1) is 0 Å². The Morgan fingerprint density at radius 3 is 1.88 bits per heavy atom. The van der Waals surface area contributed by atoms with Gasteiger partial charge in [0.25, 0.3) is 10.1 Å². The maximum absolute atomic E-state index is 12.0. The van der Waals surface area contributed by atoms with Crippen LogP contribution in [0.3, 0.4) is 0 Å². The molecule has 0 saturated carbocycles. The quantitative estimate of drug-likeness (QED) is 0.264. The van der Waals surface area contributed by atoms with Crippen LogP contribution in [-0.2, 0) is 29.2 Å². The molecule has 0 aliphatic carbocycles. The first-order valence-corrected chi connectivity index (χ1v) is 10.7. The van der Waals surface area contributed by atoms with Gasteiger partial charge in [-0.2, -0.15) is 8.42 Å². The molecule has 0 heterocycles. The molecule has 8 heteroatoms. The van der Waals surface area contributed by atoms with Crippen molar-refractivity contribution in [3.05, 3.63) is 0 Å². The van der Waals surface area contributed by atoms with Gasteiger partial charge in [-0.3, -0.25) is 14.1 Å². The summed E-state index contributed by atoms with van der Waals surface area (Å²) in [6.45, 7) is 4.54. The fourth-order valence-corrected chi connectivity index (χ4v) is 3.02. The van der Waals surface area contributed by atoms with Crippen molar-refractivity contribution in [2.75, 3.05) is 19.0 Å². The summed E-state index contributed by atoms with van der Waals surface area (Å²) in [5.74, 6) is -3.54. The molecule has 0 rings (SSSR count). The minimum Gasteiger partial charge on any atom is -0.466 e. The summed E-state index contributed by atoms with van der Waals surface area (Å²) >= 11 is 0. The lowest BCUT2D eigenvalue weighted by Crippen LogP contribution is -2.29. The van der Waals surface area contributed by atoms with Crippen LogP contribution in [-0.4, -0.2) is 43.9 Å². The number of hydrogen-bond donors (Lipinski definition) is 1. The zero-order valence-electron chi connectivity index (χ0n) is 15.4. The van der Waals surface area contributed by atoms with Crippen molar-refractivity contribution in [1.29, 1.82) is 0 Å². The van der Waals surface area contributed by atoms with E-state index in [4.69, 9.17) is 14.0 Å². The van der Waals surface area contributed by atoms with Gasteiger partial charge >= 0.3 is 11.9 Å². The van der Waals surface area contributed by atoms with Crippen LogP contribution in [0.15, 0.2) is 0 Å². The Morgan fingerprint density at radius 1 is 0.880 bits per heavy atom. The third kappa shape index (κ3) is 14.9. The smallest absolute Gasteiger partial charge is 0.310 e. The van der Waals surface area contributed by atoms with E-state index in [9.17, 15) is 18.0 Å². The third-order valence-corrected chi connectivity index (χ3v) is 4.48. The lowest BCUT2D eigenvalue weighted by atomic mass is 10.1. The topological polar surface area (TPSA) is 107 Å². The van der Waals surface area contributed by atoms with Crippen LogP contribution in [0, 0.1) is 5.92 Å². The Balaban J connectivity index is 4.36. The average molecular weight is 381 g/mol. The molecule has 25 heavy (non-hydrogen) atoms. The molecule has 0 aromatic carbocycles. The second-order valence-corrected chi connectivity index (χ2v) is 7.66. The van der Waals surface area contributed by atoms with Gasteiger partial charge in [-0.1, -0.05) is 52.4 Å². The van der Waals surface area contributed by atoms with Crippen molar-refractivity contribution in [3.63, 3.8) is 0 Å². The van der Waals surface area contributed by atoms with E-state index in [0.717, 1.165) is 44.9 Å². The number of ether oxygens (including phenoxy) is 2.